The molecular formula is C18H17IN2O3S. The quantitative estimate of drug-likeness (QED) is 0.405. The number of aromatic hydroxyl groups is 2. The molecule has 1 heterocycles. The van der Waals surface area contributed by atoms with Crippen LogP contribution in [0.1, 0.15) is 18.1 Å². The van der Waals surface area contributed by atoms with E-state index >= 15 is 0 Å². The van der Waals surface area contributed by atoms with Gasteiger partial charge in [-0.15, -0.1) is 0 Å². The largest absolute Gasteiger partial charge is 0.507 e. The summed E-state index contributed by atoms with van der Waals surface area (Å²) in [6.07, 6.45) is 2.61. The first-order valence-electron chi connectivity index (χ1n) is 7.72. The highest BCUT2D eigenvalue weighted by Gasteiger charge is 2.27. The lowest BCUT2D eigenvalue weighted by molar-refractivity contribution is -0.116. The summed E-state index contributed by atoms with van der Waals surface area (Å²) in [6.45, 7) is 2.10. The van der Waals surface area contributed by atoms with Gasteiger partial charge in [0.05, 0.1) is 8.48 Å². The van der Waals surface area contributed by atoms with Gasteiger partial charge in [0, 0.05) is 17.3 Å². The number of nitrogens with one attached hydrogen (secondary N) is 2. The number of hydrogen-bond donors (Lipinski definition) is 4. The van der Waals surface area contributed by atoms with E-state index in [4.69, 9.17) is 0 Å². The fraction of sp³-hybridized carbons (Fsp3) is 0.167. The monoisotopic (exact) mass is 468 g/mol. The number of amides is 1. The van der Waals surface area contributed by atoms with Crippen LogP contribution in [0.3, 0.4) is 0 Å². The van der Waals surface area contributed by atoms with Crippen LogP contribution >= 0.6 is 34.4 Å². The molecule has 0 unspecified atom stereocenters. The molecule has 1 aliphatic heterocycles. The molecule has 1 aliphatic rings. The fourth-order valence-corrected chi connectivity index (χ4v) is 3.84. The number of thioether (sulfide) groups is 1. The summed E-state index contributed by atoms with van der Waals surface area (Å²) in [5.74, 6) is -0.251. The van der Waals surface area contributed by atoms with Gasteiger partial charge in [0.15, 0.2) is 5.50 Å². The van der Waals surface area contributed by atoms with Gasteiger partial charge in [-0.2, -0.15) is 0 Å². The third-order valence-electron chi connectivity index (χ3n) is 3.77. The number of aryl methyl sites for hydroxylation is 1. The Morgan fingerprint density at radius 2 is 1.96 bits per heavy atom. The van der Waals surface area contributed by atoms with Crippen molar-refractivity contribution in [3.05, 3.63) is 56.0 Å². The maximum Gasteiger partial charge on any atom is 0.260 e. The number of halogens is 1. The Morgan fingerprint density at radius 1 is 1.24 bits per heavy atom. The molecule has 4 N–H and O–H groups in total. The standard InChI is InChI=1S/C18H17IN2O3S/c1-2-10-3-5-12(6-4-10)20-18-21-17(24)16(25-18)8-11-7-13(19)15(23)9-14(11)22/h3-9,18,20,22-23H,2H2,1H3,(H,21,24)/b16-8-/t18-/m0/s1. The zero-order chi connectivity index (χ0) is 18.0. The third-order valence-corrected chi connectivity index (χ3v) is 5.67. The van der Waals surface area contributed by atoms with Crippen molar-refractivity contribution in [1.82, 2.24) is 5.32 Å². The van der Waals surface area contributed by atoms with Crippen molar-refractivity contribution in [2.24, 2.45) is 0 Å². The van der Waals surface area contributed by atoms with E-state index in [-0.39, 0.29) is 22.9 Å². The van der Waals surface area contributed by atoms with Crippen LogP contribution in [0.2, 0.25) is 0 Å². The minimum absolute atomic E-state index is 0.0128. The maximum atomic E-state index is 12.2. The van der Waals surface area contributed by atoms with Gasteiger partial charge in [0.25, 0.3) is 5.91 Å². The Morgan fingerprint density at radius 3 is 2.64 bits per heavy atom. The molecule has 7 heteroatoms. The van der Waals surface area contributed by atoms with Gasteiger partial charge in [0.2, 0.25) is 0 Å². The summed E-state index contributed by atoms with van der Waals surface area (Å²) >= 11 is 3.32. The Kier molecular flexibility index (Phi) is 5.43. The van der Waals surface area contributed by atoms with Crippen LogP contribution < -0.4 is 10.6 Å². The van der Waals surface area contributed by atoms with Crippen molar-refractivity contribution in [1.29, 1.82) is 0 Å². The lowest BCUT2D eigenvalue weighted by Gasteiger charge is -2.12. The minimum atomic E-state index is -0.274. The Hall–Kier alpha value is -1.87. The van der Waals surface area contributed by atoms with E-state index in [2.05, 4.69) is 29.7 Å². The predicted octanol–water partition coefficient (Wildman–Crippen LogP) is 3.86. The molecule has 0 radical (unpaired) electrons. The minimum Gasteiger partial charge on any atom is -0.507 e. The highest BCUT2D eigenvalue weighted by atomic mass is 127. The summed E-state index contributed by atoms with van der Waals surface area (Å²) in [4.78, 5) is 12.7. The average Bonchev–Trinajstić information content (AvgIpc) is 2.92. The number of benzene rings is 2. The van der Waals surface area contributed by atoms with Gasteiger partial charge >= 0.3 is 0 Å². The number of anilines is 1. The number of hydrogen-bond acceptors (Lipinski definition) is 5. The molecule has 0 aliphatic carbocycles. The van der Waals surface area contributed by atoms with Gasteiger partial charge in [-0.3, -0.25) is 4.79 Å². The Balaban J connectivity index is 1.74. The first-order valence-corrected chi connectivity index (χ1v) is 9.68. The van der Waals surface area contributed by atoms with E-state index in [1.165, 1.54) is 23.4 Å². The molecule has 0 aromatic heterocycles. The molecule has 1 amide bonds. The van der Waals surface area contributed by atoms with Crippen molar-refractivity contribution in [3.63, 3.8) is 0 Å². The van der Waals surface area contributed by atoms with Gasteiger partial charge in [0.1, 0.15) is 11.5 Å². The number of phenolic OH excluding ortho intramolecular Hbond substituents is 2. The molecule has 0 bridgehead atoms. The molecule has 1 fully saturated rings. The van der Waals surface area contributed by atoms with E-state index in [1.54, 1.807) is 12.1 Å². The van der Waals surface area contributed by atoms with Crippen LogP contribution in [-0.4, -0.2) is 21.6 Å². The number of carbonyl (C=O) groups excluding carboxylic acids is 1. The van der Waals surface area contributed by atoms with Crippen LogP contribution in [0.25, 0.3) is 6.08 Å². The first-order chi connectivity index (χ1) is 12.0. The lowest BCUT2D eigenvalue weighted by Crippen LogP contribution is -2.30. The number of phenols is 2. The Labute approximate surface area is 163 Å². The highest BCUT2D eigenvalue weighted by molar-refractivity contribution is 14.1. The third kappa shape index (κ3) is 4.21. The average molecular weight is 468 g/mol. The van der Waals surface area contributed by atoms with Crippen LogP contribution in [0, 0.1) is 3.57 Å². The van der Waals surface area contributed by atoms with E-state index in [0.29, 0.717) is 14.0 Å². The highest BCUT2D eigenvalue weighted by Crippen LogP contribution is 2.34. The molecule has 2 aromatic carbocycles. The number of rotatable bonds is 4. The smallest absolute Gasteiger partial charge is 0.260 e. The van der Waals surface area contributed by atoms with Gasteiger partial charge in [-0.25, -0.2) is 0 Å². The molecule has 0 saturated carbocycles. The topological polar surface area (TPSA) is 81.6 Å². The molecule has 1 saturated heterocycles. The summed E-state index contributed by atoms with van der Waals surface area (Å²) < 4.78 is 0.608. The summed E-state index contributed by atoms with van der Waals surface area (Å²) in [6, 6.07) is 11.0. The van der Waals surface area contributed by atoms with E-state index in [0.717, 1.165) is 12.1 Å². The molecular weight excluding hydrogens is 451 g/mol. The predicted molar refractivity (Wildman–Crippen MR) is 109 cm³/mol. The zero-order valence-corrected chi connectivity index (χ0v) is 16.4. The van der Waals surface area contributed by atoms with Crippen molar-refractivity contribution >= 4 is 52.0 Å². The summed E-state index contributed by atoms with van der Waals surface area (Å²) in [5.41, 5.74) is 2.40. The summed E-state index contributed by atoms with van der Waals surface area (Å²) in [5, 5.41) is 25.7. The molecule has 3 rings (SSSR count). The van der Waals surface area contributed by atoms with Crippen molar-refractivity contribution in [2.75, 3.05) is 5.32 Å². The fourth-order valence-electron chi connectivity index (χ4n) is 2.38. The molecule has 2 aromatic rings. The van der Waals surface area contributed by atoms with E-state index in [9.17, 15) is 15.0 Å². The van der Waals surface area contributed by atoms with Crippen LogP contribution in [0.5, 0.6) is 11.5 Å². The number of carbonyl (C=O) groups is 1. The van der Waals surface area contributed by atoms with Crippen LogP contribution in [0.4, 0.5) is 5.69 Å². The second kappa shape index (κ2) is 7.57. The van der Waals surface area contributed by atoms with Crippen molar-refractivity contribution < 1.29 is 15.0 Å². The second-order valence-electron chi connectivity index (χ2n) is 5.54. The normalized spacial score (nSPS) is 18.4. The first kappa shape index (κ1) is 17.9. The second-order valence-corrected chi connectivity index (χ2v) is 7.85. The van der Waals surface area contributed by atoms with E-state index in [1.807, 2.05) is 34.7 Å². The van der Waals surface area contributed by atoms with Gasteiger partial charge in [-0.05, 0) is 58.9 Å². The van der Waals surface area contributed by atoms with Crippen LogP contribution in [0.15, 0.2) is 41.3 Å². The van der Waals surface area contributed by atoms with Crippen LogP contribution in [-0.2, 0) is 11.2 Å². The van der Waals surface area contributed by atoms with E-state index < -0.39 is 0 Å². The molecule has 130 valence electrons. The molecule has 25 heavy (non-hydrogen) atoms. The Bertz CT molecular complexity index is 837. The van der Waals surface area contributed by atoms with Crippen molar-refractivity contribution in [3.8, 4) is 11.5 Å². The maximum absolute atomic E-state index is 12.2. The van der Waals surface area contributed by atoms with Gasteiger partial charge < -0.3 is 20.8 Å². The lowest BCUT2D eigenvalue weighted by atomic mass is 10.1. The SMILES string of the molecule is CCc1ccc(N[C@H]2NC(=O)/C(=C/c3cc(I)c(O)cc3O)S2)cc1. The zero-order valence-electron chi connectivity index (χ0n) is 13.4. The molecule has 5 nitrogen and oxygen atoms in total. The van der Waals surface area contributed by atoms with Gasteiger partial charge in [-0.1, -0.05) is 30.8 Å². The van der Waals surface area contributed by atoms with Crippen molar-refractivity contribution in [2.45, 2.75) is 18.8 Å². The molecule has 1 atom stereocenters. The molecule has 0 spiro atoms. The summed E-state index contributed by atoms with van der Waals surface area (Å²) in [7, 11) is 0.